The highest BCUT2D eigenvalue weighted by Gasteiger charge is 2.27. The van der Waals surface area contributed by atoms with Crippen molar-refractivity contribution in [1.82, 2.24) is 0 Å². The van der Waals surface area contributed by atoms with Crippen LogP contribution in [-0.4, -0.2) is 27.7 Å². The van der Waals surface area contributed by atoms with Crippen LogP contribution in [0.4, 0.5) is 0 Å². The number of aliphatic hydroxyl groups excluding tert-OH is 2. The average molecular weight is 214 g/mol. The SMILES string of the molecule is CCC(O)OP(=O)(O)OC(O)CC. The van der Waals surface area contributed by atoms with E-state index in [2.05, 4.69) is 9.05 Å². The molecule has 0 aromatic heterocycles. The minimum atomic E-state index is -4.34. The van der Waals surface area contributed by atoms with Crippen molar-refractivity contribution < 1.29 is 28.7 Å². The molecular weight excluding hydrogens is 199 g/mol. The van der Waals surface area contributed by atoms with Gasteiger partial charge in [-0.15, -0.1) is 0 Å². The first-order valence-electron chi connectivity index (χ1n) is 3.97. The van der Waals surface area contributed by atoms with Crippen molar-refractivity contribution in [3.8, 4) is 0 Å². The van der Waals surface area contributed by atoms with Crippen LogP contribution in [0.3, 0.4) is 0 Å². The molecule has 6 nitrogen and oxygen atoms in total. The summed E-state index contributed by atoms with van der Waals surface area (Å²) in [5.41, 5.74) is 0. The summed E-state index contributed by atoms with van der Waals surface area (Å²) in [4.78, 5) is 8.91. The lowest BCUT2D eigenvalue weighted by Crippen LogP contribution is -2.14. The molecule has 13 heavy (non-hydrogen) atoms. The van der Waals surface area contributed by atoms with Crippen molar-refractivity contribution in [1.29, 1.82) is 0 Å². The van der Waals surface area contributed by atoms with E-state index in [4.69, 9.17) is 15.1 Å². The lowest BCUT2D eigenvalue weighted by atomic mass is 10.5. The predicted octanol–water partition coefficient (Wildman–Crippen LogP) is 0.577. The first-order chi connectivity index (χ1) is 5.91. The smallest absolute Gasteiger partial charge is 0.367 e. The second-order valence-corrected chi connectivity index (χ2v) is 3.76. The second-order valence-electron chi connectivity index (χ2n) is 2.41. The molecule has 0 fully saturated rings. The Kier molecular flexibility index (Phi) is 5.71. The molecule has 0 aromatic rings. The molecule has 0 aliphatic carbocycles. The van der Waals surface area contributed by atoms with Crippen LogP contribution >= 0.6 is 7.82 Å². The fourth-order valence-electron chi connectivity index (χ4n) is 0.481. The molecule has 0 bridgehead atoms. The Balaban J connectivity index is 4.00. The van der Waals surface area contributed by atoms with E-state index < -0.39 is 20.4 Å². The molecule has 0 saturated heterocycles. The van der Waals surface area contributed by atoms with E-state index in [0.29, 0.717) is 0 Å². The number of hydrogen-bond acceptors (Lipinski definition) is 5. The van der Waals surface area contributed by atoms with Crippen molar-refractivity contribution in [2.24, 2.45) is 0 Å². The van der Waals surface area contributed by atoms with Gasteiger partial charge in [-0.1, -0.05) is 13.8 Å². The molecule has 80 valence electrons. The lowest BCUT2D eigenvalue weighted by Gasteiger charge is -2.17. The predicted molar refractivity (Wildman–Crippen MR) is 44.6 cm³/mol. The maximum Gasteiger partial charge on any atom is 0.476 e. The van der Waals surface area contributed by atoms with Gasteiger partial charge in [-0.3, -0.25) is 9.05 Å². The molecule has 0 aliphatic heterocycles. The zero-order valence-corrected chi connectivity index (χ0v) is 8.48. The maximum absolute atomic E-state index is 10.9. The molecule has 2 atom stereocenters. The van der Waals surface area contributed by atoms with Crippen LogP contribution in [0.15, 0.2) is 0 Å². The zero-order chi connectivity index (χ0) is 10.5. The number of aliphatic hydroxyl groups is 2. The summed E-state index contributed by atoms with van der Waals surface area (Å²) >= 11 is 0. The van der Waals surface area contributed by atoms with E-state index in [1.54, 1.807) is 13.8 Å². The topological polar surface area (TPSA) is 96.2 Å². The lowest BCUT2D eigenvalue weighted by molar-refractivity contribution is -0.0839. The van der Waals surface area contributed by atoms with Crippen LogP contribution in [0, 0.1) is 0 Å². The Bertz CT molecular complexity index is 168. The third-order valence-corrected chi connectivity index (χ3v) is 2.23. The van der Waals surface area contributed by atoms with E-state index in [-0.39, 0.29) is 12.8 Å². The normalized spacial score (nSPS) is 20.7. The average Bonchev–Trinajstić information content (AvgIpc) is 2.02. The van der Waals surface area contributed by atoms with E-state index in [1.165, 1.54) is 0 Å². The largest absolute Gasteiger partial charge is 0.476 e. The van der Waals surface area contributed by atoms with Crippen LogP contribution in [-0.2, 0) is 13.6 Å². The molecule has 0 saturated carbocycles. The fraction of sp³-hybridized carbons (Fsp3) is 1.00. The molecular formula is C6H15O6P. The van der Waals surface area contributed by atoms with Gasteiger partial charge in [-0.25, -0.2) is 4.57 Å². The maximum atomic E-state index is 10.9. The third-order valence-electron chi connectivity index (χ3n) is 1.21. The first kappa shape index (κ1) is 13.0. The molecule has 2 unspecified atom stereocenters. The van der Waals surface area contributed by atoms with E-state index in [9.17, 15) is 4.57 Å². The van der Waals surface area contributed by atoms with Crippen molar-refractivity contribution in [3.05, 3.63) is 0 Å². The first-order valence-corrected chi connectivity index (χ1v) is 5.46. The van der Waals surface area contributed by atoms with E-state index >= 15 is 0 Å². The fourth-order valence-corrected chi connectivity index (χ4v) is 1.44. The Morgan fingerprint density at radius 2 is 1.46 bits per heavy atom. The third kappa shape index (κ3) is 6.15. The summed E-state index contributed by atoms with van der Waals surface area (Å²) in [7, 11) is -4.34. The highest BCUT2D eigenvalue weighted by Crippen LogP contribution is 2.45. The van der Waals surface area contributed by atoms with Crippen molar-refractivity contribution >= 4 is 7.82 Å². The molecule has 0 heterocycles. The molecule has 0 amide bonds. The molecule has 3 N–H and O–H groups in total. The summed E-state index contributed by atoms with van der Waals surface area (Å²) < 4.78 is 19.4. The van der Waals surface area contributed by atoms with Crippen molar-refractivity contribution in [2.75, 3.05) is 0 Å². The molecule has 0 spiro atoms. The van der Waals surface area contributed by atoms with Crippen molar-refractivity contribution in [3.63, 3.8) is 0 Å². The molecule has 7 heteroatoms. The minimum Gasteiger partial charge on any atom is -0.367 e. The van der Waals surface area contributed by atoms with E-state index in [0.717, 1.165) is 0 Å². The van der Waals surface area contributed by atoms with Gasteiger partial charge in [0.1, 0.15) is 0 Å². The molecule has 0 aliphatic rings. The summed E-state index contributed by atoms with van der Waals surface area (Å²) in [5.74, 6) is 0. The summed E-state index contributed by atoms with van der Waals surface area (Å²) in [6.07, 6.45) is -2.40. The van der Waals surface area contributed by atoms with Crippen LogP contribution in [0.1, 0.15) is 26.7 Å². The van der Waals surface area contributed by atoms with Gasteiger partial charge in [-0.2, -0.15) is 0 Å². The summed E-state index contributed by atoms with van der Waals surface area (Å²) in [5, 5.41) is 17.7. The number of phosphoric ester groups is 1. The van der Waals surface area contributed by atoms with Crippen molar-refractivity contribution in [2.45, 2.75) is 39.3 Å². The van der Waals surface area contributed by atoms with Crippen LogP contribution < -0.4 is 0 Å². The number of hydrogen-bond donors (Lipinski definition) is 3. The Labute approximate surface area is 76.7 Å². The van der Waals surface area contributed by atoms with Gasteiger partial charge in [0.25, 0.3) is 0 Å². The van der Waals surface area contributed by atoms with E-state index in [1.807, 2.05) is 0 Å². The highest BCUT2D eigenvalue weighted by atomic mass is 31.2. The van der Waals surface area contributed by atoms with Crippen LogP contribution in [0.2, 0.25) is 0 Å². The van der Waals surface area contributed by atoms with Gasteiger partial charge in [0.15, 0.2) is 12.6 Å². The van der Waals surface area contributed by atoms with Gasteiger partial charge < -0.3 is 15.1 Å². The number of phosphoric acid groups is 1. The van der Waals surface area contributed by atoms with Gasteiger partial charge in [-0.05, 0) is 12.8 Å². The molecule has 0 radical (unpaired) electrons. The second kappa shape index (κ2) is 5.70. The monoisotopic (exact) mass is 214 g/mol. The Morgan fingerprint density at radius 1 is 1.15 bits per heavy atom. The van der Waals surface area contributed by atoms with Gasteiger partial charge >= 0.3 is 7.82 Å². The van der Waals surface area contributed by atoms with Crippen LogP contribution in [0.5, 0.6) is 0 Å². The Morgan fingerprint density at radius 3 is 1.69 bits per heavy atom. The highest BCUT2D eigenvalue weighted by molar-refractivity contribution is 7.47. The molecule has 0 aromatic carbocycles. The van der Waals surface area contributed by atoms with Gasteiger partial charge in [0.05, 0.1) is 0 Å². The summed E-state index contributed by atoms with van der Waals surface area (Å²) in [6, 6.07) is 0. The van der Waals surface area contributed by atoms with Gasteiger partial charge in [0, 0.05) is 0 Å². The standard InChI is InChI=1S/C6H15O6P/c1-3-5(7)11-13(9,10)12-6(8)4-2/h5-8H,3-4H2,1-2H3,(H,9,10). The van der Waals surface area contributed by atoms with Gasteiger partial charge in [0.2, 0.25) is 0 Å². The van der Waals surface area contributed by atoms with Crippen LogP contribution in [0.25, 0.3) is 0 Å². The number of rotatable bonds is 6. The Hall–Kier alpha value is 0.0300. The quantitative estimate of drug-likeness (QED) is 0.442. The summed E-state index contributed by atoms with van der Waals surface area (Å²) in [6.45, 7) is 3.14. The zero-order valence-electron chi connectivity index (χ0n) is 7.58. The minimum absolute atomic E-state index is 0.163. The molecule has 0 rings (SSSR count).